The molecule has 2 atom stereocenters. The van der Waals surface area contributed by atoms with Crippen LogP contribution in [0.4, 0.5) is 0 Å². The lowest BCUT2D eigenvalue weighted by molar-refractivity contribution is -0.458. The van der Waals surface area contributed by atoms with Crippen molar-refractivity contribution in [2.24, 2.45) is 0 Å². The van der Waals surface area contributed by atoms with Gasteiger partial charge in [-0.25, -0.2) is 6.08 Å². The molecule has 0 bridgehead atoms. The van der Waals surface area contributed by atoms with Gasteiger partial charge in [-0.3, -0.25) is 11.0 Å². The number of rotatable bonds is 11. The van der Waals surface area contributed by atoms with E-state index in [0.29, 0.717) is 24.3 Å². The molecule has 1 aliphatic rings. The van der Waals surface area contributed by atoms with E-state index in [4.69, 9.17) is 25.2 Å². The zero-order valence-corrected chi connectivity index (χ0v) is 14.6. The summed E-state index contributed by atoms with van der Waals surface area (Å²) in [4.78, 5) is 0. The Morgan fingerprint density at radius 1 is 1.22 bits per heavy atom. The van der Waals surface area contributed by atoms with Crippen LogP contribution in [0.15, 0.2) is 35.3 Å². The van der Waals surface area contributed by atoms with Crippen molar-refractivity contribution < 1.29 is 18.6 Å². The molecule has 23 heavy (non-hydrogen) atoms. The van der Waals surface area contributed by atoms with Gasteiger partial charge in [0.2, 0.25) is 0 Å². The van der Waals surface area contributed by atoms with Crippen LogP contribution in [-0.2, 0) is 18.6 Å². The van der Waals surface area contributed by atoms with Crippen LogP contribution in [0.2, 0.25) is 0 Å². The van der Waals surface area contributed by atoms with Gasteiger partial charge in [-0.1, -0.05) is 17.4 Å². The summed E-state index contributed by atoms with van der Waals surface area (Å²) >= 11 is 0. The van der Waals surface area contributed by atoms with E-state index in [9.17, 15) is 0 Å². The maximum absolute atomic E-state index is 5.81. The molecule has 0 aromatic carbocycles. The highest BCUT2D eigenvalue weighted by Crippen LogP contribution is 2.13. The molecule has 2 unspecified atom stereocenters. The van der Waals surface area contributed by atoms with E-state index < -0.39 is 0 Å². The highest BCUT2D eigenvalue weighted by Gasteiger charge is 2.14. The van der Waals surface area contributed by atoms with Crippen molar-refractivity contribution in [3.05, 3.63) is 41.9 Å². The molecule has 0 saturated heterocycles. The lowest BCUT2D eigenvalue weighted by atomic mass is 10.1. The molecule has 0 N–H and O–H groups in total. The van der Waals surface area contributed by atoms with Gasteiger partial charge in [0.05, 0.1) is 31.8 Å². The van der Waals surface area contributed by atoms with E-state index in [1.165, 1.54) is 6.08 Å². The van der Waals surface area contributed by atoms with Crippen molar-refractivity contribution in [2.75, 3.05) is 27.9 Å². The lowest BCUT2D eigenvalue weighted by Crippen LogP contribution is -2.15. The first kappa shape index (κ1) is 19.4. The second-order valence-corrected chi connectivity index (χ2v) is 5.46. The number of carbonyl (C=O) groups excluding carboxylic acids is 1. The monoisotopic (exact) mass is 320 g/mol. The van der Waals surface area contributed by atoms with Gasteiger partial charge in [-0.2, -0.15) is 0 Å². The van der Waals surface area contributed by atoms with Crippen LogP contribution < -0.4 is 0 Å². The number of ether oxygens (including phenoxy) is 3. The molecule has 0 aromatic rings. The van der Waals surface area contributed by atoms with Gasteiger partial charge >= 0.3 is 0 Å². The average Bonchev–Trinajstić information content (AvgIpc) is 2.60. The second-order valence-electron chi connectivity index (χ2n) is 5.46. The van der Waals surface area contributed by atoms with E-state index in [0.717, 1.165) is 31.3 Å². The van der Waals surface area contributed by atoms with Crippen LogP contribution in [0.5, 0.6) is 0 Å². The molecule has 0 saturated carbocycles. The zero-order chi connectivity index (χ0) is 17.1. The minimum atomic E-state index is 0.187. The van der Waals surface area contributed by atoms with E-state index in [2.05, 4.69) is 12.7 Å². The van der Waals surface area contributed by atoms with Crippen molar-refractivity contribution in [2.45, 2.75) is 44.8 Å². The number of hydrogen-bond acceptors (Lipinski definition) is 3. The standard InChI is InChI=1S/C19H28O4/c1-6-16-14-18(22-5)10-11-19(16)23-13-12-17(21-4)9-7-8-15(2)20-3/h1,6,11,14-15,17H,7-9,12-13H2,2-5H3. The SMILES string of the molecule is [CH-]=CC1=CC(OC)=C=CC1=[O+]CCC(CCCC(C)OC)OC. The first-order valence-corrected chi connectivity index (χ1v) is 7.97. The fourth-order valence-corrected chi connectivity index (χ4v) is 2.28. The van der Waals surface area contributed by atoms with E-state index in [-0.39, 0.29) is 6.10 Å². The summed E-state index contributed by atoms with van der Waals surface area (Å²) in [6.45, 7) is 8.28. The van der Waals surface area contributed by atoms with Gasteiger partial charge in [0.15, 0.2) is 0 Å². The Balaban J connectivity index is 2.48. The van der Waals surface area contributed by atoms with Gasteiger partial charge in [-0.15, -0.1) is 0 Å². The van der Waals surface area contributed by atoms with Gasteiger partial charge < -0.3 is 14.2 Å². The van der Waals surface area contributed by atoms with Gasteiger partial charge in [0.1, 0.15) is 5.76 Å². The Labute approximate surface area is 139 Å². The van der Waals surface area contributed by atoms with Gasteiger partial charge in [0, 0.05) is 14.2 Å². The van der Waals surface area contributed by atoms with Crippen LogP contribution in [0.3, 0.4) is 0 Å². The third kappa shape index (κ3) is 7.00. The second kappa shape index (κ2) is 11.0. The highest BCUT2D eigenvalue weighted by molar-refractivity contribution is 6.07. The minimum Gasteiger partial charge on any atom is -0.491 e. The molecule has 4 heteroatoms. The van der Waals surface area contributed by atoms with Crippen LogP contribution in [0.25, 0.3) is 0 Å². The Kier molecular flexibility index (Phi) is 9.30. The summed E-state index contributed by atoms with van der Waals surface area (Å²) in [5, 5.41) is 0. The lowest BCUT2D eigenvalue weighted by Gasteiger charge is -2.14. The summed E-state index contributed by atoms with van der Waals surface area (Å²) in [5.41, 5.74) is 3.79. The molecular weight excluding hydrogens is 292 g/mol. The van der Waals surface area contributed by atoms with Crippen molar-refractivity contribution in [3.8, 4) is 0 Å². The number of allylic oxidation sites excluding steroid dienone is 3. The predicted octanol–water partition coefficient (Wildman–Crippen LogP) is 3.32. The Bertz CT molecular complexity index is 495. The Hall–Kier alpha value is -1.61. The quantitative estimate of drug-likeness (QED) is 0.333. The maximum Gasteiger partial charge on any atom is 0.282 e. The first-order valence-electron chi connectivity index (χ1n) is 7.97. The Morgan fingerprint density at radius 2 is 2.00 bits per heavy atom. The average molecular weight is 320 g/mol. The molecule has 0 aromatic heterocycles. The molecule has 0 fully saturated rings. The molecule has 0 aliphatic heterocycles. The molecule has 0 heterocycles. The summed E-state index contributed by atoms with van der Waals surface area (Å²) in [6, 6.07) is 0. The molecule has 0 amide bonds. The van der Waals surface area contributed by atoms with Gasteiger partial charge in [0.25, 0.3) is 12.4 Å². The van der Waals surface area contributed by atoms with Crippen molar-refractivity contribution in [1.82, 2.24) is 0 Å². The minimum absolute atomic E-state index is 0.187. The van der Waals surface area contributed by atoms with Crippen molar-refractivity contribution in [1.29, 1.82) is 0 Å². The molecule has 4 nitrogen and oxygen atoms in total. The topological polar surface area (TPSA) is 39.0 Å². The normalized spacial score (nSPS) is 18.3. The largest absolute Gasteiger partial charge is 0.491 e. The first-order chi connectivity index (χ1) is 11.1. The fraction of sp³-hybridized carbons (Fsp3) is 0.579. The van der Waals surface area contributed by atoms with Crippen LogP contribution in [0.1, 0.15) is 32.6 Å². The zero-order valence-electron chi connectivity index (χ0n) is 14.6. The van der Waals surface area contributed by atoms with Crippen molar-refractivity contribution >= 4 is 5.78 Å². The van der Waals surface area contributed by atoms with E-state index >= 15 is 0 Å². The molecular formula is C19H28O4. The van der Waals surface area contributed by atoms with Crippen LogP contribution in [-0.4, -0.2) is 45.9 Å². The van der Waals surface area contributed by atoms with E-state index in [1.807, 2.05) is 0 Å². The third-order valence-corrected chi connectivity index (χ3v) is 3.89. The Morgan fingerprint density at radius 3 is 2.61 bits per heavy atom. The number of methoxy groups -OCH3 is 3. The van der Waals surface area contributed by atoms with Crippen LogP contribution >= 0.6 is 0 Å². The van der Waals surface area contributed by atoms with Gasteiger partial charge in [-0.05, 0) is 26.2 Å². The highest BCUT2D eigenvalue weighted by atomic mass is 16.5. The molecule has 1 aliphatic carbocycles. The number of hydrogen-bond donors (Lipinski definition) is 0. The predicted molar refractivity (Wildman–Crippen MR) is 91.2 cm³/mol. The van der Waals surface area contributed by atoms with E-state index in [1.54, 1.807) is 33.5 Å². The fourth-order valence-electron chi connectivity index (χ4n) is 2.28. The number of ketones is 1. The third-order valence-electron chi connectivity index (χ3n) is 3.89. The summed E-state index contributed by atoms with van der Waals surface area (Å²) in [7, 11) is 5.08. The van der Waals surface area contributed by atoms with Crippen LogP contribution in [0, 0.1) is 6.58 Å². The summed E-state index contributed by atoms with van der Waals surface area (Å²) in [6.07, 6.45) is 9.47. The maximum atomic E-state index is 5.81. The van der Waals surface area contributed by atoms with Crippen molar-refractivity contribution in [3.63, 3.8) is 0 Å². The smallest absolute Gasteiger partial charge is 0.282 e. The summed E-state index contributed by atoms with van der Waals surface area (Å²) < 4.78 is 21.7. The molecule has 0 radical (unpaired) electrons. The molecule has 1 rings (SSSR count). The molecule has 0 spiro atoms. The molecule has 128 valence electrons. The summed E-state index contributed by atoms with van der Waals surface area (Å²) in [5.74, 6) is 1.34.